The predicted molar refractivity (Wildman–Crippen MR) is 264 cm³/mol. The zero-order valence-corrected chi connectivity index (χ0v) is 35.5. The highest BCUT2D eigenvalue weighted by Crippen LogP contribution is 2.60. The fourth-order valence-electron chi connectivity index (χ4n) is 11.1. The molecule has 0 amide bonds. The Hall–Kier alpha value is -7.74. The van der Waals surface area contributed by atoms with Crippen LogP contribution in [0.2, 0.25) is 0 Å². The van der Waals surface area contributed by atoms with Gasteiger partial charge >= 0.3 is 0 Å². The van der Waals surface area contributed by atoms with E-state index in [4.69, 9.17) is 0 Å². The maximum absolute atomic E-state index is 2.52. The SMILES string of the molecule is CC1(C)c2ccccc2-c2ccc(N(c3ccc(-c4cccc5ccccc45)cc3)c3cccc4c3-c3ccccc3C4(c3ccccc3)c3cccc(-c4ccccc4)c3)cc21. The highest BCUT2D eigenvalue weighted by molar-refractivity contribution is 6.00. The summed E-state index contributed by atoms with van der Waals surface area (Å²) in [5.41, 5.74) is 20.5. The first kappa shape index (κ1) is 37.1. The van der Waals surface area contributed by atoms with E-state index in [9.17, 15) is 0 Å². The highest BCUT2D eigenvalue weighted by atomic mass is 15.1. The van der Waals surface area contributed by atoms with Gasteiger partial charge in [0.1, 0.15) is 0 Å². The number of rotatable bonds is 7. The van der Waals surface area contributed by atoms with Crippen molar-refractivity contribution < 1.29 is 0 Å². The van der Waals surface area contributed by atoms with Crippen molar-refractivity contribution >= 4 is 27.8 Å². The average molecular weight is 804 g/mol. The lowest BCUT2D eigenvalue weighted by atomic mass is 9.67. The number of fused-ring (bicyclic) bond motifs is 7. The first-order valence-corrected chi connectivity index (χ1v) is 22.1. The molecule has 1 nitrogen and oxygen atoms in total. The molecule has 0 radical (unpaired) electrons. The smallest absolute Gasteiger partial charge is 0.0714 e. The predicted octanol–water partition coefficient (Wildman–Crippen LogP) is 16.3. The molecule has 0 saturated carbocycles. The molecule has 0 aliphatic heterocycles. The number of hydrogen-bond acceptors (Lipinski definition) is 1. The lowest BCUT2D eigenvalue weighted by molar-refractivity contribution is 0.660. The van der Waals surface area contributed by atoms with Crippen molar-refractivity contribution in [2.45, 2.75) is 24.7 Å². The van der Waals surface area contributed by atoms with E-state index in [0.29, 0.717) is 0 Å². The van der Waals surface area contributed by atoms with Gasteiger partial charge in [0.25, 0.3) is 0 Å². The van der Waals surface area contributed by atoms with Crippen LogP contribution in [-0.4, -0.2) is 0 Å². The molecule has 0 spiro atoms. The summed E-state index contributed by atoms with van der Waals surface area (Å²) in [6.45, 7) is 4.75. The molecule has 1 heteroatoms. The van der Waals surface area contributed by atoms with E-state index < -0.39 is 5.41 Å². The lowest BCUT2D eigenvalue weighted by Crippen LogP contribution is -2.28. The molecule has 10 aromatic carbocycles. The van der Waals surface area contributed by atoms with Crippen molar-refractivity contribution in [3.05, 3.63) is 270 Å². The fourth-order valence-corrected chi connectivity index (χ4v) is 11.1. The molecule has 1 atom stereocenters. The Kier molecular flexibility index (Phi) is 8.49. The molecule has 63 heavy (non-hydrogen) atoms. The van der Waals surface area contributed by atoms with Gasteiger partial charge in [-0.15, -0.1) is 0 Å². The van der Waals surface area contributed by atoms with E-state index in [-0.39, 0.29) is 5.41 Å². The third-order valence-electron chi connectivity index (χ3n) is 13.9. The molecular formula is C62H45N. The molecule has 2 aliphatic rings. The summed E-state index contributed by atoms with van der Waals surface area (Å²) in [5.74, 6) is 0. The van der Waals surface area contributed by atoms with Gasteiger partial charge in [-0.25, -0.2) is 0 Å². The molecule has 1 unspecified atom stereocenters. The topological polar surface area (TPSA) is 3.24 Å². The maximum Gasteiger partial charge on any atom is 0.0714 e. The molecule has 0 bridgehead atoms. The van der Waals surface area contributed by atoms with Crippen LogP contribution in [0.15, 0.2) is 237 Å². The second-order valence-corrected chi connectivity index (χ2v) is 17.6. The van der Waals surface area contributed by atoms with Gasteiger partial charge < -0.3 is 4.90 Å². The Labute approximate surface area is 370 Å². The first-order chi connectivity index (χ1) is 31.0. The number of nitrogens with zero attached hydrogens (tertiary/aromatic N) is 1. The summed E-state index contributed by atoms with van der Waals surface area (Å²) in [7, 11) is 0. The Morgan fingerprint density at radius 3 is 1.73 bits per heavy atom. The highest BCUT2D eigenvalue weighted by Gasteiger charge is 2.47. The number of benzene rings is 10. The van der Waals surface area contributed by atoms with Crippen LogP contribution >= 0.6 is 0 Å². The van der Waals surface area contributed by atoms with Crippen molar-refractivity contribution in [3.63, 3.8) is 0 Å². The van der Waals surface area contributed by atoms with Crippen LogP contribution in [0.3, 0.4) is 0 Å². The molecular weight excluding hydrogens is 759 g/mol. The van der Waals surface area contributed by atoms with E-state index in [1.165, 1.54) is 88.7 Å². The van der Waals surface area contributed by atoms with Gasteiger partial charge in [0.05, 0.1) is 11.1 Å². The molecule has 0 fully saturated rings. The minimum Gasteiger partial charge on any atom is -0.310 e. The Morgan fingerprint density at radius 1 is 0.333 bits per heavy atom. The summed E-state index contributed by atoms with van der Waals surface area (Å²) in [6, 6.07) is 87.9. The number of hydrogen-bond donors (Lipinski definition) is 0. The van der Waals surface area contributed by atoms with Crippen molar-refractivity contribution in [2.24, 2.45) is 0 Å². The summed E-state index contributed by atoms with van der Waals surface area (Å²) >= 11 is 0. The number of anilines is 3. The molecule has 0 saturated heterocycles. The third-order valence-corrected chi connectivity index (χ3v) is 13.9. The van der Waals surface area contributed by atoms with Crippen LogP contribution in [0.1, 0.15) is 47.2 Å². The standard InChI is InChI=1S/C62H45N/c1-61(2)55-30-13-11-27-52(55)53-39-38-49(41-58(53)61)63(48-36-34-44(35-37-48)51-29-16-21-43-20-9-10-26-50(43)51)59-33-17-32-57-60(59)54-28-12-14-31-56(54)62(57,46-23-7-4-8-24-46)47-25-15-22-45(40-47)42-18-5-3-6-19-42/h3-41H,1-2H3. The van der Waals surface area contributed by atoms with Gasteiger partial charge in [0.15, 0.2) is 0 Å². The molecule has 10 aromatic rings. The lowest BCUT2D eigenvalue weighted by Gasteiger charge is -2.35. The van der Waals surface area contributed by atoms with Crippen LogP contribution in [-0.2, 0) is 10.8 Å². The largest absolute Gasteiger partial charge is 0.310 e. The summed E-state index contributed by atoms with van der Waals surface area (Å²) in [5, 5.41) is 2.51. The molecule has 0 aromatic heterocycles. The zero-order chi connectivity index (χ0) is 42.1. The van der Waals surface area contributed by atoms with Crippen molar-refractivity contribution in [1.82, 2.24) is 0 Å². The third kappa shape index (κ3) is 5.63. The van der Waals surface area contributed by atoms with E-state index in [2.05, 4.69) is 255 Å². The summed E-state index contributed by atoms with van der Waals surface area (Å²) < 4.78 is 0. The van der Waals surface area contributed by atoms with Crippen molar-refractivity contribution in [2.75, 3.05) is 4.90 Å². The van der Waals surface area contributed by atoms with Crippen LogP contribution < -0.4 is 4.90 Å². The van der Waals surface area contributed by atoms with E-state index in [1.807, 2.05) is 0 Å². The monoisotopic (exact) mass is 803 g/mol. The van der Waals surface area contributed by atoms with Crippen LogP contribution in [0.5, 0.6) is 0 Å². The fraction of sp³-hybridized carbons (Fsp3) is 0.0645. The summed E-state index contributed by atoms with van der Waals surface area (Å²) in [6.07, 6.45) is 0. The van der Waals surface area contributed by atoms with Gasteiger partial charge in [-0.05, 0) is 119 Å². The summed E-state index contributed by atoms with van der Waals surface area (Å²) in [4.78, 5) is 2.52. The van der Waals surface area contributed by atoms with Crippen molar-refractivity contribution in [1.29, 1.82) is 0 Å². The van der Waals surface area contributed by atoms with Crippen LogP contribution in [0, 0.1) is 0 Å². The molecule has 2 aliphatic carbocycles. The van der Waals surface area contributed by atoms with Crippen LogP contribution in [0.4, 0.5) is 17.1 Å². The van der Waals surface area contributed by atoms with Gasteiger partial charge in [0, 0.05) is 22.4 Å². The van der Waals surface area contributed by atoms with Gasteiger partial charge in [0.2, 0.25) is 0 Å². The first-order valence-electron chi connectivity index (χ1n) is 22.1. The maximum atomic E-state index is 2.52. The Morgan fingerprint density at radius 2 is 0.905 bits per heavy atom. The van der Waals surface area contributed by atoms with Gasteiger partial charge in [-0.1, -0.05) is 214 Å². The average Bonchev–Trinajstić information content (AvgIpc) is 3.78. The van der Waals surface area contributed by atoms with E-state index in [0.717, 1.165) is 17.1 Å². The van der Waals surface area contributed by atoms with E-state index in [1.54, 1.807) is 0 Å². The van der Waals surface area contributed by atoms with E-state index >= 15 is 0 Å². The molecule has 298 valence electrons. The Bertz CT molecular complexity index is 3360. The molecule has 12 rings (SSSR count). The molecule has 0 N–H and O–H groups in total. The van der Waals surface area contributed by atoms with Gasteiger partial charge in [-0.2, -0.15) is 0 Å². The second kappa shape index (κ2) is 14.4. The van der Waals surface area contributed by atoms with Crippen LogP contribution in [0.25, 0.3) is 55.3 Å². The van der Waals surface area contributed by atoms with Crippen molar-refractivity contribution in [3.8, 4) is 44.5 Å². The quantitative estimate of drug-likeness (QED) is 0.155. The second-order valence-electron chi connectivity index (χ2n) is 17.6. The minimum absolute atomic E-state index is 0.150. The minimum atomic E-state index is -0.570. The zero-order valence-electron chi connectivity index (χ0n) is 35.5. The molecule has 0 heterocycles. The normalized spacial score (nSPS) is 15.3. The van der Waals surface area contributed by atoms with Gasteiger partial charge in [-0.3, -0.25) is 0 Å². The Balaban J connectivity index is 1.11.